The zero-order chi connectivity index (χ0) is 21.3. The molecule has 6 nitrogen and oxygen atoms in total. The zero-order valence-corrected chi connectivity index (χ0v) is 15.1. The second-order valence-corrected chi connectivity index (χ2v) is 6.31. The molecule has 2 heterocycles. The summed E-state index contributed by atoms with van der Waals surface area (Å²) in [6, 6.07) is 8.11. The molecule has 0 radical (unpaired) electrons. The fourth-order valence-electron chi connectivity index (χ4n) is 2.80. The van der Waals surface area contributed by atoms with Gasteiger partial charge in [0.1, 0.15) is 19.1 Å². The number of nitrogens with zero attached hydrogens (tertiary/aromatic N) is 3. The molecule has 1 N–H and O–H groups in total. The smallest absolute Gasteiger partial charge is 0.419 e. The SMILES string of the molecule is FCC(CF)Oc1ccc(-c2nc(-c3ccc4[nH]cnc4c3)no2)cc1C(F)(F)F. The maximum absolute atomic E-state index is 13.4. The van der Waals surface area contributed by atoms with Crippen molar-refractivity contribution in [3.8, 4) is 28.6 Å². The van der Waals surface area contributed by atoms with Gasteiger partial charge in [-0.2, -0.15) is 18.2 Å². The summed E-state index contributed by atoms with van der Waals surface area (Å²) >= 11 is 0. The quantitative estimate of drug-likeness (QED) is 0.442. The predicted octanol–water partition coefficient (Wildman–Crippen LogP) is 4.99. The van der Waals surface area contributed by atoms with E-state index in [-0.39, 0.29) is 17.3 Å². The molecule has 11 heteroatoms. The summed E-state index contributed by atoms with van der Waals surface area (Å²) in [5, 5.41) is 3.81. The number of H-pyrrole nitrogens is 1. The fourth-order valence-corrected chi connectivity index (χ4v) is 2.80. The molecule has 0 amide bonds. The Morgan fingerprint density at radius 2 is 1.80 bits per heavy atom. The van der Waals surface area contributed by atoms with Crippen LogP contribution in [0, 0.1) is 0 Å². The lowest BCUT2D eigenvalue weighted by atomic mass is 10.1. The molecule has 0 aliphatic rings. The number of hydrogen-bond donors (Lipinski definition) is 1. The lowest BCUT2D eigenvalue weighted by molar-refractivity contribution is -0.139. The van der Waals surface area contributed by atoms with E-state index in [4.69, 9.17) is 9.26 Å². The second-order valence-electron chi connectivity index (χ2n) is 6.31. The third kappa shape index (κ3) is 3.82. The maximum atomic E-state index is 13.4. The highest BCUT2D eigenvalue weighted by Gasteiger charge is 2.36. The topological polar surface area (TPSA) is 76.8 Å². The minimum atomic E-state index is -4.82. The van der Waals surface area contributed by atoms with E-state index in [9.17, 15) is 22.0 Å². The number of alkyl halides is 5. The molecular weight excluding hydrogens is 411 g/mol. The van der Waals surface area contributed by atoms with E-state index < -0.39 is 36.9 Å². The Bertz CT molecular complexity index is 1170. The van der Waals surface area contributed by atoms with Gasteiger partial charge in [0.15, 0.2) is 6.10 Å². The van der Waals surface area contributed by atoms with E-state index in [0.717, 1.165) is 17.6 Å². The first-order valence-corrected chi connectivity index (χ1v) is 8.66. The number of fused-ring (bicyclic) bond motifs is 1. The van der Waals surface area contributed by atoms with E-state index in [1.54, 1.807) is 18.2 Å². The lowest BCUT2D eigenvalue weighted by Gasteiger charge is -2.18. The highest BCUT2D eigenvalue weighted by molar-refractivity contribution is 5.80. The maximum Gasteiger partial charge on any atom is 0.419 e. The number of ether oxygens (including phenoxy) is 1. The highest BCUT2D eigenvalue weighted by atomic mass is 19.4. The van der Waals surface area contributed by atoms with E-state index in [1.807, 2.05) is 0 Å². The molecule has 30 heavy (non-hydrogen) atoms. The summed E-state index contributed by atoms with van der Waals surface area (Å²) in [5.74, 6) is -0.675. The highest BCUT2D eigenvalue weighted by Crippen LogP contribution is 2.39. The molecule has 0 saturated heterocycles. The fraction of sp³-hybridized carbons (Fsp3) is 0.211. The van der Waals surface area contributed by atoms with Gasteiger partial charge >= 0.3 is 6.18 Å². The number of imidazole rings is 1. The van der Waals surface area contributed by atoms with Crippen LogP contribution in [0.25, 0.3) is 33.9 Å². The lowest BCUT2D eigenvalue weighted by Crippen LogP contribution is -2.23. The van der Waals surface area contributed by atoms with Crippen molar-refractivity contribution in [1.29, 1.82) is 0 Å². The summed E-state index contributed by atoms with van der Waals surface area (Å²) in [6.07, 6.45) is -4.92. The van der Waals surface area contributed by atoms with Crippen LogP contribution in [0.5, 0.6) is 5.75 Å². The monoisotopic (exact) mass is 424 g/mol. The largest absolute Gasteiger partial charge is 0.484 e. The van der Waals surface area contributed by atoms with Crippen molar-refractivity contribution in [2.24, 2.45) is 0 Å². The van der Waals surface area contributed by atoms with Gasteiger partial charge in [-0.15, -0.1) is 0 Å². The van der Waals surface area contributed by atoms with Gasteiger partial charge in [0, 0.05) is 11.1 Å². The van der Waals surface area contributed by atoms with Crippen molar-refractivity contribution in [1.82, 2.24) is 20.1 Å². The molecule has 4 aromatic rings. The van der Waals surface area contributed by atoms with Crippen LogP contribution in [-0.4, -0.2) is 39.6 Å². The molecule has 0 aliphatic carbocycles. The van der Waals surface area contributed by atoms with Gasteiger partial charge < -0.3 is 14.2 Å². The van der Waals surface area contributed by atoms with Gasteiger partial charge in [-0.25, -0.2) is 13.8 Å². The van der Waals surface area contributed by atoms with Crippen LogP contribution in [-0.2, 0) is 6.18 Å². The average molecular weight is 424 g/mol. The average Bonchev–Trinajstić information content (AvgIpc) is 3.40. The summed E-state index contributed by atoms with van der Waals surface area (Å²) in [5.41, 5.74) is 0.799. The Labute approximate surface area is 165 Å². The van der Waals surface area contributed by atoms with Crippen molar-refractivity contribution in [3.63, 3.8) is 0 Å². The second kappa shape index (κ2) is 7.73. The first-order valence-electron chi connectivity index (χ1n) is 8.66. The number of benzene rings is 2. The first kappa shape index (κ1) is 19.8. The molecule has 0 atom stereocenters. The molecule has 0 saturated carbocycles. The van der Waals surface area contributed by atoms with Gasteiger partial charge in [-0.3, -0.25) is 0 Å². The minimum absolute atomic E-state index is 0.0219. The number of aromatic nitrogens is 4. The Balaban J connectivity index is 1.68. The summed E-state index contributed by atoms with van der Waals surface area (Å²) in [6.45, 7) is -2.52. The number of hydrogen-bond acceptors (Lipinski definition) is 5. The van der Waals surface area contributed by atoms with Crippen molar-refractivity contribution in [2.45, 2.75) is 12.3 Å². The third-order valence-corrected chi connectivity index (χ3v) is 4.28. The zero-order valence-electron chi connectivity index (χ0n) is 15.1. The minimum Gasteiger partial charge on any atom is -0.484 e. The molecular formula is C19H13F5N4O2. The van der Waals surface area contributed by atoms with Crippen LogP contribution in [0.1, 0.15) is 5.56 Å². The molecule has 0 fully saturated rings. The summed E-state index contributed by atoms with van der Waals surface area (Å²) < 4.78 is 75.6. The molecule has 4 rings (SSSR count). The molecule has 2 aromatic carbocycles. The Morgan fingerprint density at radius 3 is 2.53 bits per heavy atom. The normalized spacial score (nSPS) is 12.1. The van der Waals surface area contributed by atoms with Gasteiger partial charge in [0.25, 0.3) is 5.89 Å². The molecule has 0 bridgehead atoms. The van der Waals surface area contributed by atoms with Crippen LogP contribution >= 0.6 is 0 Å². The van der Waals surface area contributed by atoms with Crippen LogP contribution in [0.2, 0.25) is 0 Å². The molecule has 2 aromatic heterocycles. The Kier molecular flexibility index (Phi) is 5.10. The van der Waals surface area contributed by atoms with E-state index >= 15 is 0 Å². The van der Waals surface area contributed by atoms with Gasteiger partial charge in [-0.1, -0.05) is 5.16 Å². The number of rotatable bonds is 6. The first-order chi connectivity index (χ1) is 14.4. The van der Waals surface area contributed by atoms with Crippen molar-refractivity contribution in [2.75, 3.05) is 13.3 Å². The Morgan fingerprint density at radius 1 is 1.03 bits per heavy atom. The van der Waals surface area contributed by atoms with Gasteiger partial charge in [0.05, 0.1) is 22.9 Å². The van der Waals surface area contributed by atoms with Crippen molar-refractivity contribution in [3.05, 3.63) is 48.3 Å². The van der Waals surface area contributed by atoms with E-state index in [1.165, 1.54) is 12.4 Å². The van der Waals surface area contributed by atoms with Crippen molar-refractivity contribution < 1.29 is 31.2 Å². The molecule has 156 valence electrons. The van der Waals surface area contributed by atoms with E-state index in [2.05, 4.69) is 20.1 Å². The van der Waals surface area contributed by atoms with Gasteiger partial charge in [-0.05, 0) is 36.4 Å². The Hall–Kier alpha value is -3.50. The van der Waals surface area contributed by atoms with Crippen LogP contribution in [0.4, 0.5) is 22.0 Å². The summed E-state index contributed by atoms with van der Waals surface area (Å²) in [7, 11) is 0. The molecule has 0 spiro atoms. The van der Waals surface area contributed by atoms with E-state index in [0.29, 0.717) is 11.1 Å². The third-order valence-electron chi connectivity index (χ3n) is 4.28. The van der Waals surface area contributed by atoms with Crippen LogP contribution < -0.4 is 4.74 Å². The number of nitrogens with one attached hydrogen (secondary N) is 1. The number of aromatic amines is 1. The van der Waals surface area contributed by atoms with Crippen molar-refractivity contribution >= 4 is 11.0 Å². The molecule has 0 aliphatic heterocycles. The summed E-state index contributed by atoms with van der Waals surface area (Å²) in [4.78, 5) is 11.2. The standard InChI is InChI=1S/C19H13F5N4O2/c20-7-12(8-21)29-16-4-2-11(5-13(16)19(22,23)24)18-27-17(28-30-18)10-1-3-14-15(6-10)26-9-25-14/h1-6,9,12H,7-8H2,(H,25,26). The number of halogens is 5. The van der Waals surface area contributed by atoms with Crippen LogP contribution in [0.15, 0.2) is 47.2 Å². The van der Waals surface area contributed by atoms with Crippen LogP contribution in [0.3, 0.4) is 0 Å². The predicted molar refractivity (Wildman–Crippen MR) is 96.2 cm³/mol. The molecule has 0 unspecified atom stereocenters. The van der Waals surface area contributed by atoms with Gasteiger partial charge in [0.2, 0.25) is 5.82 Å².